The molecule has 1 fully saturated rings. The second-order valence-corrected chi connectivity index (χ2v) is 5.29. The van der Waals surface area contributed by atoms with Gasteiger partial charge in [-0.25, -0.2) is 0 Å². The second kappa shape index (κ2) is 6.93. The first-order chi connectivity index (χ1) is 9.69. The van der Waals surface area contributed by atoms with Crippen LogP contribution in [-0.4, -0.2) is 17.0 Å². The predicted molar refractivity (Wildman–Crippen MR) is 78.8 cm³/mol. The fourth-order valence-corrected chi connectivity index (χ4v) is 2.56. The zero-order valence-electron chi connectivity index (χ0n) is 11.5. The van der Waals surface area contributed by atoms with Gasteiger partial charge in [-0.15, -0.1) is 0 Å². The molecule has 0 atom stereocenters. The number of amidine groups is 1. The van der Waals surface area contributed by atoms with Crippen LogP contribution >= 0.6 is 0 Å². The zero-order valence-corrected chi connectivity index (χ0v) is 11.5. The van der Waals surface area contributed by atoms with E-state index in [1.165, 1.54) is 6.42 Å². The van der Waals surface area contributed by atoms with Crippen LogP contribution in [0.3, 0.4) is 0 Å². The number of nitrogens with two attached hydrogens (primary N) is 1. The molecule has 0 aliphatic heterocycles. The van der Waals surface area contributed by atoms with Crippen molar-refractivity contribution in [2.24, 2.45) is 16.8 Å². The van der Waals surface area contributed by atoms with E-state index in [9.17, 15) is 4.79 Å². The lowest BCUT2D eigenvalue weighted by molar-refractivity contribution is -0.120. The van der Waals surface area contributed by atoms with Gasteiger partial charge >= 0.3 is 0 Å². The van der Waals surface area contributed by atoms with Crippen molar-refractivity contribution in [1.82, 2.24) is 0 Å². The topological polar surface area (TPSA) is 87.7 Å². The van der Waals surface area contributed by atoms with Crippen LogP contribution in [-0.2, 0) is 11.2 Å². The van der Waals surface area contributed by atoms with E-state index < -0.39 is 0 Å². The third kappa shape index (κ3) is 3.98. The standard InChI is InChI=1S/C15H21N3O2/c16-14(18-20)10-11-6-8-13(9-7-11)17-15(19)12-4-2-1-3-5-12/h6-9,12,20H,1-5,10H2,(H2,16,18)(H,17,19). The molecule has 0 saturated heterocycles. The Kier molecular flexibility index (Phi) is 4.98. The van der Waals surface area contributed by atoms with Crippen molar-refractivity contribution in [3.8, 4) is 0 Å². The summed E-state index contributed by atoms with van der Waals surface area (Å²) in [5.41, 5.74) is 7.19. The zero-order chi connectivity index (χ0) is 14.4. The number of hydrogen-bond acceptors (Lipinski definition) is 3. The first kappa shape index (κ1) is 14.4. The summed E-state index contributed by atoms with van der Waals surface area (Å²) in [4.78, 5) is 12.1. The van der Waals surface area contributed by atoms with E-state index in [4.69, 9.17) is 10.9 Å². The number of hydrogen-bond donors (Lipinski definition) is 3. The molecule has 1 aromatic carbocycles. The quantitative estimate of drug-likeness (QED) is 0.341. The molecule has 4 N–H and O–H groups in total. The van der Waals surface area contributed by atoms with Gasteiger partial charge in [0.25, 0.3) is 0 Å². The molecular weight excluding hydrogens is 254 g/mol. The summed E-state index contributed by atoms with van der Waals surface area (Å²) in [6.07, 6.45) is 5.92. The maximum atomic E-state index is 12.1. The highest BCUT2D eigenvalue weighted by Crippen LogP contribution is 2.25. The average Bonchev–Trinajstić information content (AvgIpc) is 2.50. The van der Waals surface area contributed by atoms with Crippen molar-refractivity contribution in [3.05, 3.63) is 29.8 Å². The Morgan fingerprint density at radius 3 is 2.50 bits per heavy atom. The van der Waals surface area contributed by atoms with Gasteiger partial charge in [-0.1, -0.05) is 36.6 Å². The molecule has 5 heteroatoms. The molecule has 0 heterocycles. The highest BCUT2D eigenvalue weighted by Gasteiger charge is 2.20. The second-order valence-electron chi connectivity index (χ2n) is 5.29. The minimum atomic E-state index is 0.119. The van der Waals surface area contributed by atoms with Gasteiger partial charge in [0, 0.05) is 18.0 Å². The Hall–Kier alpha value is -2.04. The summed E-state index contributed by atoms with van der Waals surface area (Å²) < 4.78 is 0. The van der Waals surface area contributed by atoms with Crippen LogP contribution in [0.5, 0.6) is 0 Å². The van der Waals surface area contributed by atoms with Crippen LogP contribution in [0.2, 0.25) is 0 Å². The van der Waals surface area contributed by atoms with E-state index in [1.807, 2.05) is 24.3 Å². The minimum absolute atomic E-state index is 0.119. The van der Waals surface area contributed by atoms with E-state index in [0.717, 1.165) is 36.9 Å². The van der Waals surface area contributed by atoms with Gasteiger partial charge in [0.1, 0.15) is 5.84 Å². The fraction of sp³-hybridized carbons (Fsp3) is 0.467. The molecule has 2 rings (SSSR count). The van der Waals surface area contributed by atoms with Crippen LogP contribution < -0.4 is 11.1 Å². The van der Waals surface area contributed by atoms with Gasteiger partial charge in [-0.3, -0.25) is 4.79 Å². The van der Waals surface area contributed by atoms with Gasteiger partial charge in [0.05, 0.1) is 0 Å². The SMILES string of the molecule is NC(Cc1ccc(NC(=O)C2CCCCC2)cc1)=NO. The number of carbonyl (C=O) groups is 1. The van der Waals surface area contributed by atoms with Crippen LogP contribution in [0.4, 0.5) is 5.69 Å². The summed E-state index contributed by atoms with van der Waals surface area (Å²) >= 11 is 0. The van der Waals surface area contributed by atoms with Gasteiger partial charge in [0.15, 0.2) is 0 Å². The first-order valence-corrected chi connectivity index (χ1v) is 7.05. The molecule has 1 aliphatic rings. The lowest BCUT2D eigenvalue weighted by Crippen LogP contribution is -2.24. The number of anilines is 1. The lowest BCUT2D eigenvalue weighted by atomic mass is 9.88. The number of carbonyl (C=O) groups excluding carboxylic acids is 1. The third-order valence-electron chi connectivity index (χ3n) is 3.71. The Morgan fingerprint density at radius 2 is 1.90 bits per heavy atom. The highest BCUT2D eigenvalue weighted by molar-refractivity contribution is 5.92. The van der Waals surface area contributed by atoms with E-state index in [-0.39, 0.29) is 17.7 Å². The smallest absolute Gasteiger partial charge is 0.227 e. The largest absolute Gasteiger partial charge is 0.409 e. The van der Waals surface area contributed by atoms with E-state index >= 15 is 0 Å². The Morgan fingerprint density at radius 1 is 1.25 bits per heavy atom. The number of nitrogens with zero attached hydrogens (tertiary/aromatic N) is 1. The Labute approximate surface area is 118 Å². The first-order valence-electron chi connectivity index (χ1n) is 7.05. The van der Waals surface area contributed by atoms with Crippen molar-refractivity contribution in [2.45, 2.75) is 38.5 Å². The molecule has 1 aliphatic carbocycles. The van der Waals surface area contributed by atoms with E-state index in [0.29, 0.717) is 6.42 Å². The Balaban J connectivity index is 1.91. The van der Waals surface area contributed by atoms with E-state index in [1.54, 1.807) is 0 Å². The normalized spacial score (nSPS) is 16.9. The molecule has 5 nitrogen and oxygen atoms in total. The molecule has 108 valence electrons. The van der Waals surface area contributed by atoms with E-state index in [2.05, 4.69) is 10.5 Å². The summed E-state index contributed by atoms with van der Waals surface area (Å²) in [6, 6.07) is 7.43. The highest BCUT2D eigenvalue weighted by atomic mass is 16.4. The molecule has 0 bridgehead atoms. The molecular formula is C15H21N3O2. The summed E-state index contributed by atoms with van der Waals surface area (Å²) in [5.74, 6) is 0.443. The van der Waals surface area contributed by atoms with Gasteiger partial charge in [-0.05, 0) is 30.5 Å². The van der Waals surface area contributed by atoms with Crippen LogP contribution in [0, 0.1) is 5.92 Å². The van der Waals surface area contributed by atoms with Crippen LogP contribution in [0.15, 0.2) is 29.4 Å². The monoisotopic (exact) mass is 275 g/mol. The van der Waals surface area contributed by atoms with Gasteiger partial charge < -0.3 is 16.3 Å². The predicted octanol–water partition coefficient (Wildman–Crippen LogP) is 2.49. The summed E-state index contributed by atoms with van der Waals surface area (Å²) in [7, 11) is 0. The summed E-state index contributed by atoms with van der Waals surface area (Å²) in [5, 5.41) is 14.4. The van der Waals surface area contributed by atoms with Crippen molar-refractivity contribution >= 4 is 17.4 Å². The number of rotatable bonds is 4. The minimum Gasteiger partial charge on any atom is -0.409 e. The number of benzene rings is 1. The lowest BCUT2D eigenvalue weighted by Gasteiger charge is -2.20. The van der Waals surface area contributed by atoms with Gasteiger partial charge in [0.2, 0.25) is 5.91 Å². The van der Waals surface area contributed by atoms with Crippen molar-refractivity contribution in [1.29, 1.82) is 0 Å². The molecule has 1 amide bonds. The third-order valence-corrected chi connectivity index (χ3v) is 3.71. The Bertz CT molecular complexity index is 476. The summed E-state index contributed by atoms with van der Waals surface area (Å²) in [6.45, 7) is 0. The molecule has 0 radical (unpaired) electrons. The van der Waals surface area contributed by atoms with Crippen LogP contribution in [0.1, 0.15) is 37.7 Å². The number of amides is 1. The maximum absolute atomic E-state index is 12.1. The molecule has 0 unspecified atom stereocenters. The van der Waals surface area contributed by atoms with Crippen molar-refractivity contribution in [2.75, 3.05) is 5.32 Å². The fourth-order valence-electron chi connectivity index (χ4n) is 2.56. The molecule has 1 aromatic rings. The number of nitrogens with one attached hydrogen (secondary N) is 1. The van der Waals surface area contributed by atoms with Gasteiger partial charge in [-0.2, -0.15) is 0 Å². The molecule has 0 aromatic heterocycles. The van der Waals surface area contributed by atoms with Crippen molar-refractivity contribution < 1.29 is 10.0 Å². The van der Waals surface area contributed by atoms with Crippen LogP contribution in [0.25, 0.3) is 0 Å². The number of oxime groups is 1. The van der Waals surface area contributed by atoms with Crippen molar-refractivity contribution in [3.63, 3.8) is 0 Å². The molecule has 20 heavy (non-hydrogen) atoms. The molecule has 1 saturated carbocycles. The maximum Gasteiger partial charge on any atom is 0.227 e. The molecule has 0 spiro atoms. The average molecular weight is 275 g/mol.